The number of amides is 2. The van der Waals surface area contributed by atoms with Crippen LogP contribution < -0.4 is 11.1 Å². The number of allylic oxidation sites excluding steroid dienone is 1. The molecule has 3 atom stereocenters. The number of carbonyl (C=O) groups excluding carboxylic acids is 2. The van der Waals surface area contributed by atoms with Gasteiger partial charge >= 0.3 is 5.97 Å². The molecule has 3 unspecified atom stereocenters. The lowest BCUT2D eigenvalue weighted by Crippen LogP contribution is -2.72. The summed E-state index contributed by atoms with van der Waals surface area (Å²) in [5, 5.41) is 12.0. The standard InChI is InChI=1S/C17H19N3O4/c1-9-7-8-11-13(16(22)20(11)14(9)17(23)24)19-15(21)12(18)10-5-3-2-4-6-10/h2-6,11-13H,7-8,18H2,1H3,(H,19,21)(H,23,24). The van der Waals surface area contributed by atoms with Crippen molar-refractivity contribution < 1.29 is 19.5 Å². The highest BCUT2D eigenvalue weighted by atomic mass is 16.4. The van der Waals surface area contributed by atoms with Crippen molar-refractivity contribution in [2.24, 2.45) is 5.73 Å². The third kappa shape index (κ3) is 2.56. The lowest BCUT2D eigenvalue weighted by molar-refractivity contribution is -0.156. The van der Waals surface area contributed by atoms with E-state index in [-0.39, 0.29) is 11.7 Å². The number of nitrogens with one attached hydrogen (secondary N) is 1. The largest absolute Gasteiger partial charge is 0.477 e. The van der Waals surface area contributed by atoms with Crippen molar-refractivity contribution in [3.63, 3.8) is 0 Å². The molecule has 0 spiro atoms. The molecule has 2 amide bonds. The van der Waals surface area contributed by atoms with E-state index in [0.717, 1.165) is 0 Å². The van der Waals surface area contributed by atoms with E-state index < -0.39 is 29.9 Å². The monoisotopic (exact) mass is 329 g/mol. The highest BCUT2D eigenvalue weighted by Crippen LogP contribution is 2.36. The first-order valence-corrected chi connectivity index (χ1v) is 7.79. The Hall–Kier alpha value is -2.67. The van der Waals surface area contributed by atoms with Crippen LogP contribution in [-0.2, 0) is 14.4 Å². The number of carboxylic acids is 1. The fraction of sp³-hybridized carbons (Fsp3) is 0.353. The Bertz CT molecular complexity index is 729. The van der Waals surface area contributed by atoms with Gasteiger partial charge in [0.05, 0.1) is 6.04 Å². The van der Waals surface area contributed by atoms with Crippen molar-refractivity contribution in [2.45, 2.75) is 37.9 Å². The van der Waals surface area contributed by atoms with E-state index in [1.165, 1.54) is 4.90 Å². The van der Waals surface area contributed by atoms with Crippen molar-refractivity contribution in [1.82, 2.24) is 10.2 Å². The molecule has 1 aromatic carbocycles. The van der Waals surface area contributed by atoms with Crippen molar-refractivity contribution >= 4 is 17.8 Å². The first-order chi connectivity index (χ1) is 11.4. The van der Waals surface area contributed by atoms with E-state index in [0.29, 0.717) is 24.0 Å². The summed E-state index contributed by atoms with van der Waals surface area (Å²) in [7, 11) is 0. The van der Waals surface area contributed by atoms with Gasteiger partial charge < -0.3 is 16.2 Å². The molecule has 0 saturated carbocycles. The molecule has 24 heavy (non-hydrogen) atoms. The molecule has 0 aromatic heterocycles. The van der Waals surface area contributed by atoms with Crippen LogP contribution in [0, 0.1) is 0 Å². The minimum Gasteiger partial charge on any atom is -0.477 e. The molecule has 2 aliphatic rings. The summed E-state index contributed by atoms with van der Waals surface area (Å²) in [4.78, 5) is 37.3. The lowest BCUT2D eigenvalue weighted by atomic mass is 9.83. The first-order valence-electron chi connectivity index (χ1n) is 7.79. The van der Waals surface area contributed by atoms with Crippen molar-refractivity contribution in [3.05, 3.63) is 47.2 Å². The predicted octanol–water partition coefficient (Wildman–Crippen LogP) is 0.534. The van der Waals surface area contributed by atoms with Crippen LogP contribution >= 0.6 is 0 Å². The zero-order chi connectivity index (χ0) is 17.4. The average molecular weight is 329 g/mol. The van der Waals surface area contributed by atoms with Gasteiger partial charge in [0.15, 0.2) is 0 Å². The lowest BCUT2D eigenvalue weighted by Gasteiger charge is -2.50. The number of hydrogen-bond donors (Lipinski definition) is 3. The number of aliphatic carboxylic acids is 1. The van der Waals surface area contributed by atoms with E-state index in [1.807, 2.05) is 6.07 Å². The van der Waals surface area contributed by atoms with Crippen LogP contribution in [0.3, 0.4) is 0 Å². The molecule has 1 saturated heterocycles. The fourth-order valence-corrected chi connectivity index (χ4v) is 3.30. The van der Waals surface area contributed by atoms with Crippen LogP contribution in [0.2, 0.25) is 0 Å². The summed E-state index contributed by atoms with van der Waals surface area (Å²) in [6.45, 7) is 1.71. The average Bonchev–Trinajstić information content (AvgIpc) is 2.59. The Labute approximate surface area is 139 Å². The van der Waals surface area contributed by atoms with E-state index in [4.69, 9.17) is 5.73 Å². The zero-order valence-corrected chi connectivity index (χ0v) is 13.2. The van der Waals surface area contributed by atoms with Crippen LogP contribution in [0.15, 0.2) is 41.6 Å². The van der Waals surface area contributed by atoms with Crippen LogP contribution in [0.1, 0.15) is 31.4 Å². The Kier molecular flexibility index (Phi) is 4.11. The molecule has 0 aliphatic carbocycles. The minimum absolute atomic E-state index is 0.0362. The van der Waals surface area contributed by atoms with Gasteiger partial charge in [-0.25, -0.2) is 4.79 Å². The number of hydrogen-bond acceptors (Lipinski definition) is 4. The van der Waals surface area contributed by atoms with Crippen LogP contribution in [0.5, 0.6) is 0 Å². The fourth-order valence-electron chi connectivity index (χ4n) is 3.30. The molecule has 7 heteroatoms. The van der Waals surface area contributed by atoms with Gasteiger partial charge in [0.2, 0.25) is 5.91 Å². The van der Waals surface area contributed by atoms with Crippen molar-refractivity contribution in [3.8, 4) is 0 Å². The Balaban J connectivity index is 1.71. The first kappa shape index (κ1) is 16.2. The number of carbonyl (C=O) groups is 3. The van der Waals surface area contributed by atoms with Crippen LogP contribution in [0.25, 0.3) is 0 Å². The van der Waals surface area contributed by atoms with E-state index in [1.54, 1.807) is 31.2 Å². The Morgan fingerprint density at radius 2 is 2.00 bits per heavy atom. The summed E-state index contributed by atoms with van der Waals surface area (Å²) in [5.41, 5.74) is 7.31. The Morgan fingerprint density at radius 3 is 2.62 bits per heavy atom. The van der Waals surface area contributed by atoms with Gasteiger partial charge in [0, 0.05) is 0 Å². The molecule has 4 N–H and O–H groups in total. The van der Waals surface area contributed by atoms with E-state index >= 15 is 0 Å². The normalized spacial score (nSPS) is 24.1. The summed E-state index contributed by atoms with van der Waals surface area (Å²) >= 11 is 0. The summed E-state index contributed by atoms with van der Waals surface area (Å²) in [6.07, 6.45) is 1.22. The van der Waals surface area contributed by atoms with Gasteiger partial charge in [0.1, 0.15) is 17.8 Å². The molecular formula is C17H19N3O4. The molecule has 2 aliphatic heterocycles. The van der Waals surface area contributed by atoms with Crippen molar-refractivity contribution in [1.29, 1.82) is 0 Å². The van der Waals surface area contributed by atoms with Crippen LogP contribution in [0.4, 0.5) is 0 Å². The maximum atomic E-state index is 12.3. The van der Waals surface area contributed by atoms with Gasteiger partial charge in [-0.15, -0.1) is 0 Å². The highest BCUT2D eigenvalue weighted by Gasteiger charge is 2.53. The summed E-state index contributed by atoms with van der Waals surface area (Å²) in [5.74, 6) is -1.95. The van der Waals surface area contributed by atoms with Gasteiger partial charge in [0.25, 0.3) is 5.91 Å². The molecule has 0 radical (unpaired) electrons. The number of fused-ring (bicyclic) bond motifs is 1. The minimum atomic E-state index is -1.11. The van der Waals surface area contributed by atoms with E-state index in [9.17, 15) is 19.5 Å². The third-order valence-electron chi connectivity index (χ3n) is 4.62. The van der Waals surface area contributed by atoms with Crippen LogP contribution in [-0.4, -0.2) is 39.9 Å². The van der Waals surface area contributed by atoms with Crippen molar-refractivity contribution in [2.75, 3.05) is 0 Å². The molecule has 126 valence electrons. The maximum Gasteiger partial charge on any atom is 0.352 e. The highest BCUT2D eigenvalue weighted by molar-refractivity contribution is 6.02. The molecule has 1 aromatic rings. The van der Waals surface area contributed by atoms with E-state index in [2.05, 4.69) is 5.32 Å². The second kappa shape index (κ2) is 6.09. The number of nitrogens with zero attached hydrogens (tertiary/aromatic N) is 1. The smallest absolute Gasteiger partial charge is 0.352 e. The SMILES string of the molecule is CC1=C(C(=O)O)N2C(=O)C(NC(=O)C(N)c3ccccc3)C2CC1. The second-order valence-corrected chi connectivity index (χ2v) is 6.12. The number of rotatable bonds is 4. The number of carboxylic acid groups (broad SMARTS) is 1. The zero-order valence-electron chi connectivity index (χ0n) is 13.2. The molecule has 2 heterocycles. The molecule has 7 nitrogen and oxygen atoms in total. The quantitative estimate of drug-likeness (QED) is 0.698. The number of nitrogens with two attached hydrogens (primary N) is 1. The molecule has 1 fully saturated rings. The number of benzene rings is 1. The second-order valence-electron chi connectivity index (χ2n) is 6.12. The van der Waals surface area contributed by atoms with Gasteiger partial charge in [-0.3, -0.25) is 14.5 Å². The third-order valence-corrected chi connectivity index (χ3v) is 4.62. The predicted molar refractivity (Wildman–Crippen MR) is 85.5 cm³/mol. The molecule has 3 rings (SSSR count). The summed E-state index contributed by atoms with van der Waals surface area (Å²) in [6, 6.07) is 6.98. The number of β-lactam (4-membered cyclic amide) rings is 1. The summed E-state index contributed by atoms with van der Waals surface area (Å²) < 4.78 is 0. The Morgan fingerprint density at radius 1 is 1.33 bits per heavy atom. The van der Waals surface area contributed by atoms with Gasteiger partial charge in [-0.1, -0.05) is 30.3 Å². The maximum absolute atomic E-state index is 12.3. The molecular weight excluding hydrogens is 310 g/mol. The topological polar surface area (TPSA) is 113 Å². The van der Waals surface area contributed by atoms with Gasteiger partial charge in [-0.2, -0.15) is 0 Å². The van der Waals surface area contributed by atoms with Gasteiger partial charge in [-0.05, 0) is 30.9 Å². The molecule has 0 bridgehead atoms.